The summed E-state index contributed by atoms with van der Waals surface area (Å²) in [6.45, 7) is 0. The van der Waals surface area contributed by atoms with E-state index in [2.05, 4.69) is 112 Å². The predicted octanol–water partition coefficient (Wildman–Crippen LogP) is 6.93. The van der Waals surface area contributed by atoms with Crippen molar-refractivity contribution in [2.45, 2.75) is 7.47 Å². The number of halogens is 4. The van der Waals surface area contributed by atoms with E-state index >= 15 is 0 Å². The molecule has 0 radical (unpaired) electrons. The topological polar surface area (TPSA) is 0 Å². The fourth-order valence-corrected chi connectivity index (χ4v) is 2.85. The van der Waals surface area contributed by atoms with Crippen LogP contribution in [0.4, 0.5) is 0 Å². The van der Waals surface area contributed by atoms with Gasteiger partial charge in [-0.3, -0.25) is 0 Å². The summed E-state index contributed by atoms with van der Waals surface area (Å²) in [6.07, 6.45) is 0. The van der Waals surface area contributed by atoms with Gasteiger partial charge in [0.1, 0.15) is 0 Å². The zero-order valence-corrected chi connectivity index (χ0v) is 15.6. The van der Waals surface area contributed by atoms with Crippen LogP contribution >= 0.6 is 63.7 Å². The molecule has 4 heteroatoms. The molecule has 0 nitrogen and oxygen atoms in total. The Bertz CT molecular complexity index is 485. The van der Waals surface area contributed by atoms with E-state index in [4.69, 9.17) is 0 Å². The van der Waals surface area contributed by atoms with Gasteiger partial charge in [0.15, 0.2) is 0 Å². The molecule has 2 aromatic rings. The van der Waals surface area contributed by atoms with Gasteiger partial charge in [0.25, 0.3) is 0 Å². The molecular formula is C14H10Br4. The predicted molar refractivity (Wildman–Crippen MR) is 93.1 cm³/mol. The van der Waals surface area contributed by atoms with Crippen molar-refractivity contribution in [3.8, 4) is 11.1 Å². The molecule has 0 amide bonds. The lowest BCUT2D eigenvalue weighted by atomic mass is 10.0. The summed E-state index contributed by atoms with van der Waals surface area (Å²) in [5, 5.41) is 0. The minimum Gasteiger partial charge on any atom is -0.0712 e. The average Bonchev–Trinajstić information content (AvgIpc) is 2.39. The van der Waals surface area contributed by atoms with Crippen molar-refractivity contribution in [2.75, 3.05) is 0 Å². The second-order valence-corrected chi connectivity index (χ2v) is 9.97. The Morgan fingerprint density at radius 3 is 1.33 bits per heavy atom. The third-order valence-electron chi connectivity index (χ3n) is 2.61. The Morgan fingerprint density at radius 1 is 0.611 bits per heavy atom. The van der Waals surface area contributed by atoms with Gasteiger partial charge in [-0.05, 0) is 34.4 Å². The van der Waals surface area contributed by atoms with Gasteiger partial charge in [-0.2, -0.15) is 0 Å². The van der Waals surface area contributed by atoms with Crippen LogP contribution in [0.15, 0.2) is 48.5 Å². The maximum atomic E-state index is 3.53. The summed E-state index contributed by atoms with van der Waals surface area (Å²) < 4.78 is 0.376. The molecule has 0 bridgehead atoms. The van der Waals surface area contributed by atoms with E-state index in [1.807, 2.05) is 0 Å². The van der Waals surface area contributed by atoms with Crippen LogP contribution in [0.5, 0.6) is 0 Å². The lowest BCUT2D eigenvalue weighted by molar-refractivity contribution is 1.40. The van der Waals surface area contributed by atoms with Crippen LogP contribution in [0.25, 0.3) is 11.1 Å². The van der Waals surface area contributed by atoms with Crippen LogP contribution in [0.3, 0.4) is 0 Å². The molecule has 0 aromatic heterocycles. The summed E-state index contributed by atoms with van der Waals surface area (Å²) in [6, 6.07) is 17.0. The van der Waals surface area contributed by atoms with Gasteiger partial charge in [-0.25, -0.2) is 0 Å². The van der Waals surface area contributed by atoms with Crippen LogP contribution in [0.1, 0.15) is 18.6 Å². The van der Waals surface area contributed by atoms with Gasteiger partial charge in [0.05, 0.1) is 7.47 Å². The van der Waals surface area contributed by atoms with Gasteiger partial charge >= 0.3 is 0 Å². The first-order valence-electron chi connectivity index (χ1n) is 5.34. The van der Waals surface area contributed by atoms with E-state index in [1.54, 1.807) is 0 Å². The van der Waals surface area contributed by atoms with Crippen LogP contribution in [-0.2, 0) is 0 Å². The maximum Gasteiger partial charge on any atom is 0.0946 e. The quantitative estimate of drug-likeness (QED) is 0.403. The molecule has 94 valence electrons. The smallest absolute Gasteiger partial charge is 0.0712 e. The maximum absolute atomic E-state index is 3.53. The standard InChI is InChI=1S/C14H10Br4/c15-13(16)11-5-1-3-9(7-11)10-4-2-6-12(8-10)14(17)18/h1-8,13-14H. The second-order valence-electron chi connectivity index (χ2n) is 3.85. The third kappa shape index (κ3) is 3.69. The molecule has 0 saturated heterocycles. The van der Waals surface area contributed by atoms with Crippen LogP contribution < -0.4 is 0 Å². The first-order chi connectivity index (χ1) is 8.58. The molecule has 0 fully saturated rings. The molecule has 0 aliphatic carbocycles. The van der Waals surface area contributed by atoms with Gasteiger partial charge in [0.2, 0.25) is 0 Å². The zero-order chi connectivity index (χ0) is 13.1. The first kappa shape index (κ1) is 14.8. The highest BCUT2D eigenvalue weighted by atomic mass is 79.9. The van der Waals surface area contributed by atoms with E-state index in [1.165, 1.54) is 22.3 Å². The fraction of sp³-hybridized carbons (Fsp3) is 0.143. The summed E-state index contributed by atoms with van der Waals surface area (Å²) in [5.41, 5.74) is 4.87. The molecule has 2 rings (SSSR count). The monoisotopic (exact) mass is 494 g/mol. The van der Waals surface area contributed by atoms with Crippen molar-refractivity contribution in [2.24, 2.45) is 0 Å². The molecule has 0 atom stereocenters. The molecule has 0 aliphatic heterocycles. The highest BCUT2D eigenvalue weighted by molar-refractivity contribution is 9.24. The lowest BCUT2D eigenvalue weighted by Crippen LogP contribution is -1.86. The van der Waals surface area contributed by atoms with Crippen LogP contribution in [-0.4, -0.2) is 0 Å². The first-order valence-corrected chi connectivity index (χ1v) is 9.01. The zero-order valence-electron chi connectivity index (χ0n) is 9.29. The average molecular weight is 498 g/mol. The molecule has 0 saturated carbocycles. The minimum atomic E-state index is 0.188. The van der Waals surface area contributed by atoms with Crippen molar-refractivity contribution in [3.05, 3.63) is 59.7 Å². The molecule has 0 spiro atoms. The van der Waals surface area contributed by atoms with Gasteiger partial charge in [-0.1, -0.05) is 100 Å². The molecule has 2 aromatic carbocycles. The Kier molecular flexibility index (Phi) is 5.48. The third-order valence-corrected chi connectivity index (χ3v) is 4.73. The number of hydrogen-bond acceptors (Lipinski definition) is 0. The van der Waals surface area contributed by atoms with E-state index < -0.39 is 0 Å². The highest BCUT2D eigenvalue weighted by Crippen LogP contribution is 2.34. The van der Waals surface area contributed by atoms with Crippen molar-refractivity contribution in [3.63, 3.8) is 0 Å². The van der Waals surface area contributed by atoms with Crippen molar-refractivity contribution in [1.29, 1.82) is 0 Å². The number of benzene rings is 2. The van der Waals surface area contributed by atoms with E-state index in [-0.39, 0.29) is 7.47 Å². The minimum absolute atomic E-state index is 0.188. The molecule has 0 heterocycles. The van der Waals surface area contributed by atoms with Crippen molar-refractivity contribution in [1.82, 2.24) is 0 Å². The fourth-order valence-electron chi connectivity index (χ4n) is 1.71. The molecule has 0 aliphatic rings. The Morgan fingerprint density at radius 2 is 1.00 bits per heavy atom. The summed E-state index contributed by atoms with van der Waals surface area (Å²) in [5.74, 6) is 0. The van der Waals surface area contributed by atoms with Crippen molar-refractivity contribution >= 4 is 63.7 Å². The van der Waals surface area contributed by atoms with Crippen LogP contribution in [0, 0.1) is 0 Å². The molecular weight excluding hydrogens is 488 g/mol. The largest absolute Gasteiger partial charge is 0.0946 e. The van der Waals surface area contributed by atoms with Crippen LogP contribution in [0.2, 0.25) is 0 Å². The van der Waals surface area contributed by atoms with Gasteiger partial charge in [0, 0.05) is 0 Å². The van der Waals surface area contributed by atoms with E-state index in [9.17, 15) is 0 Å². The summed E-state index contributed by atoms with van der Waals surface area (Å²) >= 11 is 14.1. The van der Waals surface area contributed by atoms with Crippen molar-refractivity contribution < 1.29 is 0 Å². The highest BCUT2D eigenvalue weighted by Gasteiger charge is 2.07. The number of hydrogen-bond donors (Lipinski definition) is 0. The van der Waals surface area contributed by atoms with E-state index in [0.717, 1.165) is 0 Å². The SMILES string of the molecule is BrC(Br)c1cccc(-c2cccc(C(Br)Br)c2)c1. The number of rotatable bonds is 3. The number of alkyl halides is 4. The summed E-state index contributed by atoms with van der Waals surface area (Å²) in [4.78, 5) is 0. The second kappa shape index (κ2) is 6.69. The normalized spacial score (nSPS) is 11.2. The molecule has 0 N–H and O–H groups in total. The van der Waals surface area contributed by atoms with Gasteiger partial charge < -0.3 is 0 Å². The Balaban J connectivity index is 2.42. The Hall–Kier alpha value is 0.360. The molecule has 0 unspecified atom stereocenters. The lowest BCUT2D eigenvalue weighted by Gasteiger charge is -2.09. The van der Waals surface area contributed by atoms with E-state index in [0.29, 0.717) is 0 Å². The summed E-state index contributed by atoms with van der Waals surface area (Å²) in [7, 11) is 0. The van der Waals surface area contributed by atoms with Gasteiger partial charge in [-0.15, -0.1) is 0 Å². The Labute approximate surface area is 141 Å². The molecule has 18 heavy (non-hydrogen) atoms.